The highest BCUT2D eigenvalue weighted by atomic mass is 16.5. The van der Waals surface area contributed by atoms with Crippen molar-refractivity contribution < 1.29 is 4.74 Å². The fourth-order valence-electron chi connectivity index (χ4n) is 1.86. The number of morpholine rings is 1. The van der Waals surface area contributed by atoms with Crippen LogP contribution in [0.15, 0.2) is 0 Å². The lowest BCUT2D eigenvalue weighted by Gasteiger charge is -2.44. The Balaban J connectivity index is 2.60. The minimum atomic E-state index is 0.118. The fraction of sp³-hybridized carbons (Fsp3) is 1.00. The van der Waals surface area contributed by atoms with Crippen LogP contribution in [0.4, 0.5) is 0 Å². The zero-order chi connectivity index (χ0) is 9.03. The summed E-state index contributed by atoms with van der Waals surface area (Å²) in [7, 11) is 2.14. The average molecular weight is 172 g/mol. The van der Waals surface area contributed by atoms with E-state index in [0.717, 1.165) is 26.2 Å². The standard InChI is InChI=1S/C9H20N2O/c1-3-4-9(7-10)8-12-6-5-11(9)2/h3-8,10H2,1-2H3. The predicted octanol–water partition coefficient (Wildman–Crippen LogP) is 0.446. The molecule has 12 heavy (non-hydrogen) atoms. The van der Waals surface area contributed by atoms with Gasteiger partial charge in [0.2, 0.25) is 0 Å². The number of hydrogen-bond acceptors (Lipinski definition) is 3. The van der Waals surface area contributed by atoms with Crippen molar-refractivity contribution in [2.24, 2.45) is 5.73 Å². The molecule has 0 aliphatic carbocycles. The Morgan fingerprint density at radius 2 is 2.33 bits per heavy atom. The van der Waals surface area contributed by atoms with Crippen molar-refractivity contribution in [1.29, 1.82) is 0 Å². The maximum Gasteiger partial charge on any atom is 0.0663 e. The van der Waals surface area contributed by atoms with Gasteiger partial charge in [-0.25, -0.2) is 0 Å². The number of hydrogen-bond donors (Lipinski definition) is 1. The molecular formula is C9H20N2O. The second-order valence-corrected chi connectivity index (χ2v) is 3.65. The molecule has 1 saturated heterocycles. The third kappa shape index (κ3) is 1.79. The Bertz CT molecular complexity index is 136. The molecule has 0 amide bonds. The van der Waals surface area contributed by atoms with E-state index in [4.69, 9.17) is 10.5 Å². The van der Waals surface area contributed by atoms with Gasteiger partial charge in [-0.05, 0) is 13.5 Å². The van der Waals surface area contributed by atoms with Crippen LogP contribution in [0.3, 0.4) is 0 Å². The third-order valence-corrected chi connectivity index (χ3v) is 2.85. The average Bonchev–Trinajstić information content (AvgIpc) is 2.10. The van der Waals surface area contributed by atoms with Crippen LogP contribution in [0.5, 0.6) is 0 Å². The number of rotatable bonds is 3. The summed E-state index contributed by atoms with van der Waals surface area (Å²) in [5.74, 6) is 0. The lowest BCUT2D eigenvalue weighted by atomic mass is 9.92. The van der Waals surface area contributed by atoms with E-state index in [2.05, 4.69) is 18.9 Å². The van der Waals surface area contributed by atoms with E-state index >= 15 is 0 Å². The molecule has 0 bridgehead atoms. The minimum Gasteiger partial charge on any atom is -0.378 e. The Morgan fingerprint density at radius 1 is 1.58 bits per heavy atom. The molecule has 0 spiro atoms. The topological polar surface area (TPSA) is 38.5 Å². The normalized spacial score (nSPS) is 32.2. The lowest BCUT2D eigenvalue weighted by molar-refractivity contribution is -0.0555. The van der Waals surface area contributed by atoms with Crippen LogP contribution in [0.1, 0.15) is 19.8 Å². The molecule has 0 aromatic heterocycles. The molecule has 0 aromatic rings. The first-order valence-electron chi connectivity index (χ1n) is 4.74. The summed E-state index contributed by atoms with van der Waals surface area (Å²) in [5, 5.41) is 0. The van der Waals surface area contributed by atoms with E-state index in [0.29, 0.717) is 6.54 Å². The molecule has 3 nitrogen and oxygen atoms in total. The molecule has 72 valence electrons. The van der Waals surface area contributed by atoms with Gasteiger partial charge in [-0.3, -0.25) is 4.90 Å². The second-order valence-electron chi connectivity index (χ2n) is 3.65. The van der Waals surface area contributed by atoms with Gasteiger partial charge in [-0.15, -0.1) is 0 Å². The van der Waals surface area contributed by atoms with Crippen LogP contribution < -0.4 is 5.73 Å². The van der Waals surface area contributed by atoms with Crippen molar-refractivity contribution >= 4 is 0 Å². The van der Waals surface area contributed by atoms with E-state index in [1.165, 1.54) is 6.42 Å². The van der Waals surface area contributed by atoms with Gasteiger partial charge in [-0.2, -0.15) is 0 Å². The van der Waals surface area contributed by atoms with E-state index in [1.807, 2.05) is 0 Å². The molecule has 1 unspecified atom stereocenters. The Morgan fingerprint density at radius 3 is 2.83 bits per heavy atom. The van der Waals surface area contributed by atoms with Gasteiger partial charge in [0, 0.05) is 13.1 Å². The summed E-state index contributed by atoms with van der Waals surface area (Å²) in [6.45, 7) is 5.56. The van der Waals surface area contributed by atoms with Crippen LogP contribution in [0.25, 0.3) is 0 Å². The van der Waals surface area contributed by atoms with Gasteiger partial charge in [0.25, 0.3) is 0 Å². The van der Waals surface area contributed by atoms with Crippen LogP contribution in [-0.4, -0.2) is 43.8 Å². The Labute approximate surface area is 74.9 Å². The van der Waals surface area contributed by atoms with Gasteiger partial charge in [0.1, 0.15) is 0 Å². The first kappa shape index (κ1) is 9.96. The monoisotopic (exact) mass is 172 g/mol. The molecule has 1 rings (SSSR count). The van der Waals surface area contributed by atoms with E-state index < -0.39 is 0 Å². The number of nitrogens with zero attached hydrogens (tertiary/aromatic N) is 1. The van der Waals surface area contributed by atoms with Crippen molar-refractivity contribution in [3.63, 3.8) is 0 Å². The van der Waals surface area contributed by atoms with Crippen molar-refractivity contribution in [3.05, 3.63) is 0 Å². The fourth-order valence-corrected chi connectivity index (χ4v) is 1.86. The molecule has 2 N–H and O–H groups in total. The third-order valence-electron chi connectivity index (χ3n) is 2.85. The molecule has 1 atom stereocenters. The highest BCUT2D eigenvalue weighted by Gasteiger charge is 2.34. The Kier molecular flexibility index (Phi) is 3.50. The maximum absolute atomic E-state index is 5.79. The van der Waals surface area contributed by atoms with Gasteiger partial charge in [0.05, 0.1) is 18.8 Å². The van der Waals surface area contributed by atoms with Gasteiger partial charge in [0.15, 0.2) is 0 Å². The molecule has 1 aliphatic heterocycles. The summed E-state index contributed by atoms with van der Waals surface area (Å²) < 4.78 is 5.48. The molecule has 1 fully saturated rings. The van der Waals surface area contributed by atoms with Crippen molar-refractivity contribution in [3.8, 4) is 0 Å². The zero-order valence-corrected chi connectivity index (χ0v) is 8.18. The minimum absolute atomic E-state index is 0.118. The summed E-state index contributed by atoms with van der Waals surface area (Å²) in [4.78, 5) is 2.35. The molecule has 0 saturated carbocycles. The summed E-state index contributed by atoms with van der Waals surface area (Å²) >= 11 is 0. The SMILES string of the molecule is CCCC1(CN)COCCN1C. The molecule has 0 aromatic carbocycles. The van der Waals surface area contributed by atoms with Gasteiger partial charge < -0.3 is 10.5 Å². The molecule has 1 aliphatic rings. The van der Waals surface area contributed by atoms with Gasteiger partial charge >= 0.3 is 0 Å². The first-order valence-corrected chi connectivity index (χ1v) is 4.74. The molecule has 3 heteroatoms. The van der Waals surface area contributed by atoms with E-state index in [9.17, 15) is 0 Å². The summed E-state index contributed by atoms with van der Waals surface area (Å²) in [6, 6.07) is 0. The van der Waals surface area contributed by atoms with E-state index in [-0.39, 0.29) is 5.54 Å². The van der Waals surface area contributed by atoms with Crippen LogP contribution in [-0.2, 0) is 4.74 Å². The predicted molar refractivity (Wildman–Crippen MR) is 50.1 cm³/mol. The summed E-state index contributed by atoms with van der Waals surface area (Å²) in [5.41, 5.74) is 5.91. The highest BCUT2D eigenvalue weighted by Crippen LogP contribution is 2.22. The number of ether oxygens (including phenoxy) is 1. The Hall–Kier alpha value is -0.120. The second kappa shape index (κ2) is 4.21. The molecule has 1 heterocycles. The van der Waals surface area contributed by atoms with Gasteiger partial charge in [-0.1, -0.05) is 13.3 Å². The largest absolute Gasteiger partial charge is 0.378 e. The van der Waals surface area contributed by atoms with E-state index in [1.54, 1.807) is 0 Å². The quantitative estimate of drug-likeness (QED) is 0.671. The van der Waals surface area contributed by atoms with Crippen molar-refractivity contribution in [2.75, 3.05) is 33.4 Å². The van der Waals surface area contributed by atoms with Crippen molar-refractivity contribution in [1.82, 2.24) is 4.90 Å². The smallest absolute Gasteiger partial charge is 0.0663 e. The first-order chi connectivity index (χ1) is 5.75. The number of nitrogens with two attached hydrogens (primary N) is 1. The number of likely N-dealkylation sites (N-methyl/N-ethyl adjacent to an activating group) is 1. The summed E-state index contributed by atoms with van der Waals surface area (Å²) in [6.07, 6.45) is 2.31. The molecule has 0 radical (unpaired) electrons. The zero-order valence-electron chi connectivity index (χ0n) is 8.18. The lowest BCUT2D eigenvalue weighted by Crippen LogP contribution is -2.59. The van der Waals surface area contributed by atoms with Crippen LogP contribution in [0, 0.1) is 0 Å². The molecular weight excluding hydrogens is 152 g/mol. The maximum atomic E-state index is 5.79. The van der Waals surface area contributed by atoms with Crippen LogP contribution >= 0.6 is 0 Å². The highest BCUT2D eigenvalue weighted by molar-refractivity contribution is 4.92. The van der Waals surface area contributed by atoms with Crippen LogP contribution in [0.2, 0.25) is 0 Å². The van der Waals surface area contributed by atoms with Crippen molar-refractivity contribution in [2.45, 2.75) is 25.3 Å².